The standard InChI is InChI=1S/C25H31N5O4S2/c1-5-6-13-34-16-11-9-15(10-12-16)30(24(33)21-18(26)19(22(27)31)29-36-21)20(17-8-7-14-35-17)23(32)28-25(2,3)4/h7-12,14,20H,5-6,13,26H2,1-4H3,(H2,27,31)(H,28,32). The van der Waals surface area contributed by atoms with Crippen LogP contribution in [0.5, 0.6) is 5.75 Å². The second-order valence-electron chi connectivity index (χ2n) is 9.17. The Labute approximate surface area is 218 Å². The summed E-state index contributed by atoms with van der Waals surface area (Å²) in [6.45, 7) is 8.26. The smallest absolute Gasteiger partial charge is 0.273 e. The number of unbranched alkanes of at least 4 members (excludes halogenated alkanes) is 1. The summed E-state index contributed by atoms with van der Waals surface area (Å²) in [7, 11) is 0. The Morgan fingerprint density at radius 1 is 1.17 bits per heavy atom. The molecule has 2 aromatic heterocycles. The molecular weight excluding hydrogens is 498 g/mol. The van der Waals surface area contributed by atoms with Crippen molar-refractivity contribution in [2.45, 2.75) is 52.1 Å². The molecular formula is C25H31N5O4S2. The number of benzene rings is 1. The fraction of sp³-hybridized carbons (Fsp3) is 0.360. The number of ether oxygens (including phenoxy) is 1. The molecule has 0 radical (unpaired) electrons. The van der Waals surface area contributed by atoms with Crippen molar-refractivity contribution in [1.29, 1.82) is 0 Å². The minimum absolute atomic E-state index is 0.0252. The van der Waals surface area contributed by atoms with Crippen LogP contribution in [-0.2, 0) is 4.79 Å². The number of nitrogens with one attached hydrogen (secondary N) is 1. The molecule has 192 valence electrons. The van der Waals surface area contributed by atoms with Crippen LogP contribution in [0.3, 0.4) is 0 Å². The minimum Gasteiger partial charge on any atom is -0.494 e. The van der Waals surface area contributed by atoms with Gasteiger partial charge in [-0.1, -0.05) is 19.4 Å². The number of nitrogens with two attached hydrogens (primary N) is 2. The number of rotatable bonds is 10. The summed E-state index contributed by atoms with van der Waals surface area (Å²) < 4.78 is 9.73. The molecule has 0 fully saturated rings. The number of primary amides is 1. The van der Waals surface area contributed by atoms with Crippen LogP contribution in [0.15, 0.2) is 41.8 Å². The number of hydrogen-bond donors (Lipinski definition) is 3. The molecule has 3 rings (SSSR count). The lowest BCUT2D eigenvalue weighted by Crippen LogP contribution is -2.49. The maximum Gasteiger partial charge on any atom is 0.273 e. The molecule has 1 atom stereocenters. The van der Waals surface area contributed by atoms with Gasteiger partial charge in [-0.2, -0.15) is 4.37 Å². The first-order valence-corrected chi connectivity index (χ1v) is 13.2. The second-order valence-corrected chi connectivity index (χ2v) is 10.9. The third-order valence-electron chi connectivity index (χ3n) is 5.07. The maximum absolute atomic E-state index is 14.0. The summed E-state index contributed by atoms with van der Waals surface area (Å²) in [5.41, 5.74) is 11.1. The van der Waals surface area contributed by atoms with E-state index in [9.17, 15) is 14.4 Å². The van der Waals surface area contributed by atoms with Gasteiger partial charge in [0, 0.05) is 16.1 Å². The van der Waals surface area contributed by atoms with Crippen LogP contribution in [0.2, 0.25) is 0 Å². The van der Waals surface area contributed by atoms with Gasteiger partial charge in [-0.15, -0.1) is 11.3 Å². The zero-order valence-electron chi connectivity index (χ0n) is 20.7. The zero-order chi connectivity index (χ0) is 26.5. The van der Waals surface area contributed by atoms with E-state index >= 15 is 0 Å². The Hall–Kier alpha value is -3.44. The molecule has 3 amide bonds. The van der Waals surface area contributed by atoms with Crippen LogP contribution < -0.4 is 26.4 Å². The topological polar surface area (TPSA) is 141 Å². The van der Waals surface area contributed by atoms with E-state index in [-0.39, 0.29) is 22.2 Å². The molecule has 1 aromatic carbocycles. The Morgan fingerprint density at radius 2 is 1.86 bits per heavy atom. The average molecular weight is 530 g/mol. The van der Waals surface area contributed by atoms with Crippen molar-refractivity contribution in [2.24, 2.45) is 5.73 Å². The molecule has 0 aliphatic rings. The Kier molecular flexibility index (Phi) is 8.70. The summed E-state index contributed by atoms with van der Waals surface area (Å²) >= 11 is 2.13. The van der Waals surface area contributed by atoms with Crippen molar-refractivity contribution in [2.75, 3.05) is 17.2 Å². The number of carbonyl (C=O) groups excluding carboxylic acids is 3. The highest BCUT2D eigenvalue weighted by atomic mass is 32.1. The second kappa shape index (κ2) is 11.5. The first kappa shape index (κ1) is 27.2. The first-order chi connectivity index (χ1) is 17.0. The Bertz CT molecular complexity index is 1200. The first-order valence-electron chi connectivity index (χ1n) is 11.5. The van der Waals surface area contributed by atoms with Gasteiger partial charge in [0.1, 0.15) is 10.6 Å². The van der Waals surface area contributed by atoms with Crippen LogP contribution in [0.1, 0.15) is 71.6 Å². The molecule has 11 heteroatoms. The summed E-state index contributed by atoms with van der Waals surface area (Å²) in [5.74, 6) is -1.11. The van der Waals surface area contributed by atoms with E-state index in [1.807, 2.05) is 32.2 Å². The maximum atomic E-state index is 14.0. The van der Waals surface area contributed by atoms with Crippen molar-refractivity contribution in [3.8, 4) is 5.75 Å². The molecule has 36 heavy (non-hydrogen) atoms. The Morgan fingerprint density at radius 3 is 2.39 bits per heavy atom. The van der Waals surface area contributed by atoms with Crippen LogP contribution in [-0.4, -0.2) is 34.2 Å². The highest BCUT2D eigenvalue weighted by molar-refractivity contribution is 7.10. The van der Waals surface area contributed by atoms with Crippen molar-refractivity contribution in [3.05, 3.63) is 57.2 Å². The number of nitrogen functional groups attached to an aromatic ring is 1. The summed E-state index contributed by atoms with van der Waals surface area (Å²) in [4.78, 5) is 41.3. The quantitative estimate of drug-likeness (QED) is 0.333. The number of aromatic nitrogens is 1. The largest absolute Gasteiger partial charge is 0.494 e. The van der Waals surface area contributed by atoms with Gasteiger partial charge in [0.15, 0.2) is 11.7 Å². The molecule has 0 spiro atoms. The minimum atomic E-state index is -0.998. The van der Waals surface area contributed by atoms with Crippen molar-refractivity contribution < 1.29 is 19.1 Å². The molecule has 5 N–H and O–H groups in total. The van der Waals surface area contributed by atoms with Gasteiger partial charge in [0.05, 0.1) is 12.3 Å². The molecule has 1 unspecified atom stereocenters. The molecule has 2 heterocycles. The fourth-order valence-corrected chi connectivity index (χ4v) is 4.97. The molecule has 0 saturated carbocycles. The third kappa shape index (κ3) is 6.41. The van der Waals surface area contributed by atoms with E-state index in [2.05, 4.69) is 16.6 Å². The summed E-state index contributed by atoms with van der Waals surface area (Å²) in [6, 6.07) is 9.56. The van der Waals surface area contributed by atoms with Gasteiger partial charge >= 0.3 is 0 Å². The van der Waals surface area contributed by atoms with Crippen LogP contribution >= 0.6 is 22.9 Å². The normalized spacial score (nSPS) is 12.1. The molecule has 9 nitrogen and oxygen atoms in total. The van der Waals surface area contributed by atoms with Gasteiger partial charge in [-0.25, -0.2) is 0 Å². The van der Waals surface area contributed by atoms with E-state index in [0.29, 0.717) is 22.9 Å². The predicted molar refractivity (Wildman–Crippen MR) is 144 cm³/mol. The number of amides is 3. The number of anilines is 2. The number of carbonyl (C=O) groups is 3. The lowest BCUT2D eigenvalue weighted by Gasteiger charge is -2.33. The van der Waals surface area contributed by atoms with Gasteiger partial charge in [-0.05, 0) is 74.4 Å². The van der Waals surface area contributed by atoms with E-state index in [1.165, 1.54) is 16.2 Å². The molecule has 0 saturated heterocycles. The van der Waals surface area contributed by atoms with Crippen molar-refractivity contribution in [1.82, 2.24) is 9.69 Å². The van der Waals surface area contributed by atoms with Crippen molar-refractivity contribution in [3.63, 3.8) is 0 Å². The number of nitrogens with zero attached hydrogens (tertiary/aromatic N) is 2. The lowest BCUT2D eigenvalue weighted by atomic mass is 10.1. The van der Waals surface area contributed by atoms with Crippen LogP contribution in [0.25, 0.3) is 0 Å². The molecule has 0 bridgehead atoms. The Balaban J connectivity index is 2.11. The SMILES string of the molecule is CCCCOc1ccc(N(C(=O)c2snc(C(N)=O)c2N)C(C(=O)NC(C)(C)C)c2cccs2)cc1. The third-order valence-corrected chi connectivity index (χ3v) is 6.85. The number of hydrogen-bond acceptors (Lipinski definition) is 8. The van der Waals surface area contributed by atoms with E-state index in [4.69, 9.17) is 16.2 Å². The lowest BCUT2D eigenvalue weighted by molar-refractivity contribution is -0.123. The van der Waals surface area contributed by atoms with E-state index in [0.717, 1.165) is 24.4 Å². The van der Waals surface area contributed by atoms with E-state index < -0.39 is 23.4 Å². The van der Waals surface area contributed by atoms with Gasteiger partial charge < -0.3 is 21.5 Å². The molecule has 0 aliphatic carbocycles. The van der Waals surface area contributed by atoms with Crippen LogP contribution in [0.4, 0.5) is 11.4 Å². The number of thiophene rings is 1. The highest BCUT2D eigenvalue weighted by Gasteiger charge is 2.37. The van der Waals surface area contributed by atoms with Crippen molar-refractivity contribution >= 4 is 52.0 Å². The molecule has 0 aliphatic heterocycles. The van der Waals surface area contributed by atoms with E-state index in [1.54, 1.807) is 30.3 Å². The highest BCUT2D eigenvalue weighted by Crippen LogP contribution is 2.35. The summed E-state index contributed by atoms with van der Waals surface area (Å²) in [5, 5.41) is 4.82. The zero-order valence-corrected chi connectivity index (χ0v) is 22.4. The summed E-state index contributed by atoms with van der Waals surface area (Å²) in [6.07, 6.45) is 1.93. The monoisotopic (exact) mass is 529 g/mol. The predicted octanol–water partition coefficient (Wildman–Crippen LogP) is 4.37. The van der Waals surface area contributed by atoms with Gasteiger partial charge in [0.2, 0.25) is 5.91 Å². The van der Waals surface area contributed by atoms with Gasteiger partial charge in [-0.3, -0.25) is 19.3 Å². The molecule has 3 aromatic rings. The fourth-order valence-electron chi connectivity index (χ4n) is 3.42. The van der Waals surface area contributed by atoms with Crippen LogP contribution in [0, 0.1) is 0 Å². The average Bonchev–Trinajstić information content (AvgIpc) is 3.46. The van der Waals surface area contributed by atoms with Gasteiger partial charge in [0.25, 0.3) is 11.8 Å².